The molecule has 0 unspecified atom stereocenters. The molecule has 0 spiro atoms. The molecule has 0 saturated heterocycles. The van der Waals surface area contributed by atoms with Crippen molar-refractivity contribution in [3.8, 4) is 0 Å². The highest BCUT2D eigenvalue weighted by molar-refractivity contribution is 8.14. The van der Waals surface area contributed by atoms with Gasteiger partial charge in [0.05, 0.1) is 0 Å². The normalized spacial score (nSPS) is 16.0. The number of nitrogens with zero attached hydrogens (tertiary/aromatic N) is 2. The van der Waals surface area contributed by atoms with E-state index in [1.165, 1.54) is 6.07 Å². The summed E-state index contributed by atoms with van der Waals surface area (Å²) in [6, 6.07) is 1.49. The van der Waals surface area contributed by atoms with Crippen LogP contribution in [-0.4, -0.2) is 22.3 Å². The molecule has 0 amide bonds. The zero-order chi connectivity index (χ0) is 9.26. The maximum Gasteiger partial charge on any atom is 0.151 e. The lowest BCUT2D eigenvalue weighted by atomic mass is 10.3. The Labute approximate surface area is 80.3 Å². The summed E-state index contributed by atoms with van der Waals surface area (Å²) >= 11 is 1.56. The van der Waals surface area contributed by atoms with Gasteiger partial charge in [0.1, 0.15) is 10.7 Å². The molecule has 0 aromatic carbocycles. The van der Waals surface area contributed by atoms with Gasteiger partial charge in [0.2, 0.25) is 0 Å². The van der Waals surface area contributed by atoms with Gasteiger partial charge < -0.3 is 0 Å². The lowest BCUT2D eigenvalue weighted by Gasteiger charge is -2.00. The molecule has 0 saturated carbocycles. The van der Waals surface area contributed by atoms with Crippen molar-refractivity contribution in [2.24, 2.45) is 4.99 Å². The van der Waals surface area contributed by atoms with Crippen molar-refractivity contribution < 1.29 is 4.39 Å². The molecule has 0 aliphatic carbocycles. The topological polar surface area (TPSA) is 25.2 Å². The SMILES string of the molecule is Cc1cnc(C2=NCCS2)c(F)c1. The Bertz CT molecular complexity index is 363. The number of pyridine rings is 1. The number of hydrogen-bond donors (Lipinski definition) is 0. The fourth-order valence-corrected chi connectivity index (χ4v) is 2.01. The van der Waals surface area contributed by atoms with Gasteiger partial charge in [-0.15, -0.1) is 11.8 Å². The zero-order valence-electron chi connectivity index (χ0n) is 7.25. The highest BCUT2D eigenvalue weighted by Gasteiger charge is 2.15. The Morgan fingerprint density at radius 3 is 3.00 bits per heavy atom. The summed E-state index contributed by atoms with van der Waals surface area (Å²) in [6.07, 6.45) is 1.67. The highest BCUT2D eigenvalue weighted by Crippen LogP contribution is 2.19. The molecule has 0 fully saturated rings. The zero-order valence-corrected chi connectivity index (χ0v) is 8.07. The first-order valence-electron chi connectivity index (χ1n) is 4.07. The third kappa shape index (κ3) is 1.72. The van der Waals surface area contributed by atoms with E-state index in [4.69, 9.17) is 0 Å². The first-order chi connectivity index (χ1) is 6.27. The molecule has 0 atom stereocenters. The first-order valence-corrected chi connectivity index (χ1v) is 5.06. The predicted octanol–water partition coefficient (Wildman–Crippen LogP) is 2.02. The van der Waals surface area contributed by atoms with Crippen LogP contribution in [0.1, 0.15) is 11.3 Å². The minimum atomic E-state index is -0.270. The third-order valence-corrected chi connectivity index (χ3v) is 2.75. The Hall–Kier alpha value is -0.900. The summed E-state index contributed by atoms with van der Waals surface area (Å²) < 4.78 is 13.3. The smallest absolute Gasteiger partial charge is 0.151 e. The minimum absolute atomic E-state index is 0.270. The molecule has 1 aliphatic heterocycles. The van der Waals surface area contributed by atoms with Gasteiger partial charge in [0, 0.05) is 18.5 Å². The summed E-state index contributed by atoms with van der Waals surface area (Å²) in [5, 5.41) is 0.734. The van der Waals surface area contributed by atoms with Crippen LogP contribution in [0.25, 0.3) is 0 Å². The van der Waals surface area contributed by atoms with Crippen LogP contribution in [0.4, 0.5) is 4.39 Å². The molecule has 1 aromatic heterocycles. The Kier molecular flexibility index (Phi) is 2.31. The van der Waals surface area contributed by atoms with E-state index in [0.717, 1.165) is 22.9 Å². The number of aromatic nitrogens is 1. The van der Waals surface area contributed by atoms with Gasteiger partial charge in [-0.05, 0) is 18.6 Å². The first kappa shape index (κ1) is 8.69. The average Bonchev–Trinajstić information content (AvgIpc) is 2.56. The van der Waals surface area contributed by atoms with Crippen molar-refractivity contribution in [2.75, 3.05) is 12.3 Å². The van der Waals surface area contributed by atoms with Crippen LogP contribution in [0.2, 0.25) is 0 Å². The van der Waals surface area contributed by atoms with E-state index in [9.17, 15) is 4.39 Å². The Balaban J connectivity index is 2.40. The molecule has 4 heteroatoms. The predicted molar refractivity (Wildman–Crippen MR) is 52.8 cm³/mol. The second-order valence-electron chi connectivity index (χ2n) is 2.88. The molecule has 0 radical (unpaired) electrons. The number of halogens is 1. The maximum absolute atomic E-state index is 13.3. The summed E-state index contributed by atoms with van der Waals surface area (Å²) in [5.74, 6) is 0.665. The monoisotopic (exact) mass is 196 g/mol. The van der Waals surface area contributed by atoms with Crippen LogP contribution in [0.3, 0.4) is 0 Å². The van der Waals surface area contributed by atoms with Gasteiger partial charge in [0.25, 0.3) is 0 Å². The maximum atomic E-state index is 13.3. The quantitative estimate of drug-likeness (QED) is 0.686. The van der Waals surface area contributed by atoms with Crippen molar-refractivity contribution in [2.45, 2.75) is 6.92 Å². The van der Waals surface area contributed by atoms with Crippen molar-refractivity contribution in [1.82, 2.24) is 4.98 Å². The second kappa shape index (κ2) is 3.46. The van der Waals surface area contributed by atoms with Gasteiger partial charge in [-0.2, -0.15) is 0 Å². The van der Waals surface area contributed by atoms with Gasteiger partial charge in [-0.1, -0.05) is 0 Å². The molecular formula is C9H9FN2S. The van der Waals surface area contributed by atoms with Crippen molar-refractivity contribution in [3.63, 3.8) is 0 Å². The number of aryl methyl sites for hydroxylation is 1. The van der Waals surface area contributed by atoms with E-state index in [1.54, 1.807) is 18.0 Å². The van der Waals surface area contributed by atoms with Gasteiger partial charge in [-0.3, -0.25) is 9.98 Å². The summed E-state index contributed by atoms with van der Waals surface area (Å²) in [5.41, 5.74) is 1.23. The van der Waals surface area contributed by atoms with E-state index in [-0.39, 0.29) is 5.82 Å². The van der Waals surface area contributed by atoms with E-state index < -0.39 is 0 Å². The summed E-state index contributed by atoms with van der Waals surface area (Å²) in [4.78, 5) is 8.21. The van der Waals surface area contributed by atoms with Crippen molar-refractivity contribution in [3.05, 3.63) is 29.3 Å². The van der Waals surface area contributed by atoms with Gasteiger partial charge in [-0.25, -0.2) is 4.39 Å². The van der Waals surface area contributed by atoms with Crippen LogP contribution in [-0.2, 0) is 0 Å². The molecule has 1 aromatic rings. The molecule has 0 bridgehead atoms. The standard InChI is InChI=1S/C9H9FN2S/c1-6-4-7(10)8(12-5-6)9-11-2-3-13-9/h4-5H,2-3H2,1H3. The molecule has 0 N–H and O–H groups in total. The Morgan fingerprint density at radius 2 is 2.38 bits per heavy atom. The van der Waals surface area contributed by atoms with Crippen molar-refractivity contribution >= 4 is 16.8 Å². The van der Waals surface area contributed by atoms with Gasteiger partial charge in [0.15, 0.2) is 5.82 Å². The van der Waals surface area contributed by atoms with Crippen LogP contribution in [0.15, 0.2) is 17.3 Å². The molecular weight excluding hydrogens is 187 g/mol. The largest absolute Gasteiger partial charge is 0.275 e. The Morgan fingerprint density at radius 1 is 1.54 bits per heavy atom. The molecule has 1 aliphatic rings. The van der Waals surface area contributed by atoms with Gasteiger partial charge >= 0.3 is 0 Å². The highest BCUT2D eigenvalue weighted by atomic mass is 32.2. The molecule has 2 rings (SSSR count). The second-order valence-corrected chi connectivity index (χ2v) is 3.96. The van der Waals surface area contributed by atoms with E-state index >= 15 is 0 Å². The van der Waals surface area contributed by atoms with Crippen LogP contribution >= 0.6 is 11.8 Å². The summed E-state index contributed by atoms with van der Waals surface area (Å²) in [6.45, 7) is 2.60. The van der Waals surface area contributed by atoms with Crippen molar-refractivity contribution in [1.29, 1.82) is 0 Å². The van der Waals surface area contributed by atoms with E-state index in [0.29, 0.717) is 5.69 Å². The number of hydrogen-bond acceptors (Lipinski definition) is 3. The fourth-order valence-electron chi connectivity index (χ4n) is 1.17. The van der Waals surface area contributed by atoms with Crippen LogP contribution in [0, 0.1) is 12.7 Å². The van der Waals surface area contributed by atoms with E-state index in [1.807, 2.05) is 6.92 Å². The van der Waals surface area contributed by atoms with E-state index in [2.05, 4.69) is 9.98 Å². The molecule has 13 heavy (non-hydrogen) atoms. The fraction of sp³-hybridized carbons (Fsp3) is 0.333. The lowest BCUT2D eigenvalue weighted by Crippen LogP contribution is -2.01. The van der Waals surface area contributed by atoms with Crippen LogP contribution < -0.4 is 0 Å². The molecule has 2 nitrogen and oxygen atoms in total. The third-order valence-electron chi connectivity index (χ3n) is 1.77. The average molecular weight is 196 g/mol. The van der Waals surface area contributed by atoms with Crippen LogP contribution in [0.5, 0.6) is 0 Å². The summed E-state index contributed by atoms with van der Waals surface area (Å²) in [7, 11) is 0. The number of rotatable bonds is 1. The molecule has 68 valence electrons. The lowest BCUT2D eigenvalue weighted by molar-refractivity contribution is 0.617. The number of thioether (sulfide) groups is 1. The number of aliphatic imine (C=N–C) groups is 1. The molecule has 2 heterocycles. The minimum Gasteiger partial charge on any atom is -0.275 e.